The van der Waals surface area contributed by atoms with E-state index in [0.29, 0.717) is 30.2 Å². The fourth-order valence-electron chi connectivity index (χ4n) is 3.56. The lowest BCUT2D eigenvalue weighted by molar-refractivity contribution is 0.0732. The van der Waals surface area contributed by atoms with Gasteiger partial charge in [0.25, 0.3) is 5.91 Å². The lowest BCUT2D eigenvalue weighted by Gasteiger charge is -2.26. The number of anilines is 1. The molecule has 170 valence electrons. The van der Waals surface area contributed by atoms with Crippen molar-refractivity contribution in [3.8, 4) is 11.3 Å². The Labute approximate surface area is 189 Å². The Balaban J connectivity index is 2.03. The molecule has 0 saturated carbocycles. The third kappa shape index (κ3) is 5.53. The Kier molecular flexibility index (Phi) is 8.00. The molecule has 0 aliphatic rings. The minimum Gasteiger partial charge on any atom is -0.341 e. The summed E-state index contributed by atoms with van der Waals surface area (Å²) in [7, 11) is 3.96. The molecule has 2 aromatic carbocycles. The molecule has 3 rings (SSSR count). The highest BCUT2D eigenvalue weighted by Gasteiger charge is 2.26. The van der Waals surface area contributed by atoms with E-state index in [1.54, 1.807) is 12.1 Å². The van der Waals surface area contributed by atoms with Gasteiger partial charge in [-0.3, -0.25) is 4.79 Å². The van der Waals surface area contributed by atoms with E-state index in [1.807, 2.05) is 68.1 Å². The first-order valence-corrected chi connectivity index (χ1v) is 10.9. The number of hydrogen-bond donors (Lipinski definition) is 0. The fourth-order valence-corrected chi connectivity index (χ4v) is 3.56. The van der Waals surface area contributed by atoms with Crippen LogP contribution in [0.4, 0.5) is 10.3 Å². The van der Waals surface area contributed by atoms with Gasteiger partial charge in [0, 0.05) is 37.3 Å². The lowest BCUT2D eigenvalue weighted by atomic mass is 10.1. The molecule has 7 heteroatoms. The van der Waals surface area contributed by atoms with Crippen LogP contribution in [0.5, 0.6) is 0 Å². The first-order valence-electron chi connectivity index (χ1n) is 10.9. The predicted octanol–water partition coefficient (Wildman–Crippen LogP) is 4.53. The molecule has 0 atom stereocenters. The molecular formula is C25H31FN4O2. The molecule has 0 unspecified atom stereocenters. The minimum atomic E-state index is -0.311. The van der Waals surface area contributed by atoms with Gasteiger partial charge in [-0.25, -0.2) is 4.39 Å². The van der Waals surface area contributed by atoms with Gasteiger partial charge in [-0.15, -0.1) is 0 Å². The highest BCUT2D eigenvalue weighted by molar-refractivity contribution is 5.94. The van der Waals surface area contributed by atoms with Crippen LogP contribution >= 0.6 is 0 Å². The summed E-state index contributed by atoms with van der Waals surface area (Å²) in [5.74, 6) is 0.281. The third-order valence-electron chi connectivity index (χ3n) is 5.41. The number of hydrogen-bond acceptors (Lipinski definition) is 5. The van der Waals surface area contributed by atoms with Crippen LogP contribution < -0.4 is 4.90 Å². The van der Waals surface area contributed by atoms with E-state index in [4.69, 9.17) is 4.52 Å². The summed E-state index contributed by atoms with van der Waals surface area (Å²) in [6, 6.07) is 15.5. The standard InChI is InChI=1S/C25H31FN4O2/c1-5-29(6-2)25-22(23(27-32-25)19-12-14-21(26)15-13-19)18-30(17-16-28(3)4)24(31)20-10-8-7-9-11-20/h7-15H,5-6,16-18H2,1-4H3. The maximum Gasteiger partial charge on any atom is 0.254 e. The molecule has 1 amide bonds. The molecule has 0 aliphatic heterocycles. The zero-order valence-corrected chi connectivity index (χ0v) is 19.2. The lowest BCUT2D eigenvalue weighted by Crippen LogP contribution is -2.36. The number of amides is 1. The van der Waals surface area contributed by atoms with Gasteiger partial charge >= 0.3 is 0 Å². The topological polar surface area (TPSA) is 52.8 Å². The van der Waals surface area contributed by atoms with Gasteiger partial charge in [-0.2, -0.15) is 0 Å². The Morgan fingerprint density at radius 3 is 2.22 bits per heavy atom. The maximum atomic E-state index is 13.5. The number of likely N-dealkylation sites (N-methyl/N-ethyl adjacent to an activating group) is 1. The number of nitrogens with zero attached hydrogens (tertiary/aromatic N) is 4. The van der Waals surface area contributed by atoms with Gasteiger partial charge in [-0.1, -0.05) is 23.4 Å². The summed E-state index contributed by atoms with van der Waals surface area (Å²) < 4.78 is 19.3. The average molecular weight is 439 g/mol. The van der Waals surface area contributed by atoms with E-state index in [9.17, 15) is 9.18 Å². The number of carbonyl (C=O) groups excluding carboxylic acids is 1. The summed E-state index contributed by atoms with van der Waals surface area (Å²) in [6.45, 7) is 7.18. The SMILES string of the molecule is CCN(CC)c1onc(-c2ccc(F)cc2)c1CN(CCN(C)C)C(=O)c1ccccc1. The number of rotatable bonds is 10. The molecule has 0 N–H and O–H groups in total. The highest BCUT2D eigenvalue weighted by atomic mass is 19.1. The molecule has 0 spiro atoms. The van der Waals surface area contributed by atoms with Crippen molar-refractivity contribution < 1.29 is 13.7 Å². The van der Waals surface area contributed by atoms with E-state index in [2.05, 4.69) is 10.1 Å². The summed E-state index contributed by atoms with van der Waals surface area (Å²) >= 11 is 0. The molecule has 0 radical (unpaired) electrons. The van der Waals surface area contributed by atoms with Crippen LogP contribution in [0.2, 0.25) is 0 Å². The molecule has 0 saturated heterocycles. The third-order valence-corrected chi connectivity index (χ3v) is 5.41. The smallest absolute Gasteiger partial charge is 0.254 e. The monoisotopic (exact) mass is 438 g/mol. The molecule has 6 nitrogen and oxygen atoms in total. The van der Waals surface area contributed by atoms with Crippen molar-refractivity contribution >= 4 is 11.8 Å². The van der Waals surface area contributed by atoms with Gasteiger partial charge in [0.15, 0.2) is 0 Å². The fraction of sp³-hybridized carbons (Fsp3) is 0.360. The zero-order valence-electron chi connectivity index (χ0n) is 19.2. The Morgan fingerprint density at radius 1 is 0.969 bits per heavy atom. The van der Waals surface area contributed by atoms with Crippen molar-refractivity contribution in [3.05, 3.63) is 71.5 Å². The van der Waals surface area contributed by atoms with E-state index in [0.717, 1.165) is 30.8 Å². The van der Waals surface area contributed by atoms with Crippen LogP contribution in [0.25, 0.3) is 11.3 Å². The van der Waals surface area contributed by atoms with Gasteiger partial charge in [0.05, 0.1) is 12.1 Å². The van der Waals surface area contributed by atoms with E-state index in [1.165, 1.54) is 12.1 Å². The predicted molar refractivity (Wildman–Crippen MR) is 125 cm³/mol. The summed E-state index contributed by atoms with van der Waals surface area (Å²) in [4.78, 5) is 19.3. The Hall–Kier alpha value is -3.19. The summed E-state index contributed by atoms with van der Waals surface area (Å²) in [5.41, 5.74) is 2.84. The van der Waals surface area contributed by atoms with Crippen molar-refractivity contribution in [2.75, 3.05) is 45.2 Å². The van der Waals surface area contributed by atoms with E-state index in [-0.39, 0.29) is 11.7 Å². The number of aromatic nitrogens is 1. The van der Waals surface area contributed by atoms with Crippen LogP contribution in [0.3, 0.4) is 0 Å². The molecule has 32 heavy (non-hydrogen) atoms. The number of benzene rings is 2. The molecular weight excluding hydrogens is 407 g/mol. The van der Waals surface area contributed by atoms with Crippen molar-refractivity contribution in [2.45, 2.75) is 20.4 Å². The zero-order chi connectivity index (χ0) is 23.1. The molecule has 0 fully saturated rings. The largest absolute Gasteiger partial charge is 0.341 e. The number of carbonyl (C=O) groups is 1. The quantitative estimate of drug-likeness (QED) is 0.466. The second-order valence-corrected chi connectivity index (χ2v) is 7.89. The molecule has 0 bridgehead atoms. The summed E-state index contributed by atoms with van der Waals surface area (Å²) in [5, 5.41) is 4.33. The summed E-state index contributed by atoms with van der Waals surface area (Å²) in [6.07, 6.45) is 0. The van der Waals surface area contributed by atoms with Gasteiger partial charge in [0.1, 0.15) is 11.5 Å². The molecule has 3 aromatic rings. The minimum absolute atomic E-state index is 0.0517. The molecule has 0 aliphatic carbocycles. The van der Waals surface area contributed by atoms with Crippen LogP contribution in [-0.4, -0.2) is 61.1 Å². The molecule has 1 heterocycles. The first-order chi connectivity index (χ1) is 15.4. The van der Waals surface area contributed by atoms with E-state index >= 15 is 0 Å². The van der Waals surface area contributed by atoms with Crippen molar-refractivity contribution in [3.63, 3.8) is 0 Å². The normalized spacial score (nSPS) is 11.1. The molecule has 1 aromatic heterocycles. The first kappa shape index (κ1) is 23.5. The van der Waals surface area contributed by atoms with E-state index < -0.39 is 0 Å². The van der Waals surface area contributed by atoms with Gasteiger partial charge in [-0.05, 0) is 64.3 Å². The second-order valence-electron chi connectivity index (χ2n) is 7.89. The maximum absolute atomic E-state index is 13.5. The van der Waals surface area contributed by atoms with Crippen molar-refractivity contribution in [1.29, 1.82) is 0 Å². The van der Waals surface area contributed by atoms with Crippen LogP contribution in [-0.2, 0) is 6.54 Å². The van der Waals surface area contributed by atoms with Crippen LogP contribution in [0.15, 0.2) is 59.1 Å². The average Bonchev–Trinajstić information content (AvgIpc) is 3.21. The second kappa shape index (κ2) is 10.9. The van der Waals surface area contributed by atoms with Crippen molar-refractivity contribution in [2.24, 2.45) is 0 Å². The Morgan fingerprint density at radius 2 is 1.62 bits per heavy atom. The van der Waals surface area contributed by atoms with Gasteiger partial charge < -0.3 is 19.2 Å². The highest BCUT2D eigenvalue weighted by Crippen LogP contribution is 2.33. The number of halogens is 1. The van der Waals surface area contributed by atoms with Crippen molar-refractivity contribution in [1.82, 2.24) is 15.0 Å². The van der Waals surface area contributed by atoms with Crippen LogP contribution in [0, 0.1) is 5.82 Å². The van der Waals surface area contributed by atoms with Gasteiger partial charge in [0.2, 0.25) is 5.88 Å². The Bertz CT molecular complexity index is 999. The van der Waals surface area contributed by atoms with Crippen LogP contribution in [0.1, 0.15) is 29.8 Å².